The summed E-state index contributed by atoms with van der Waals surface area (Å²) < 4.78 is 0. The number of carboxylic acid groups (broad SMARTS) is 1. The molecule has 0 spiro atoms. The van der Waals surface area contributed by atoms with E-state index in [0.717, 1.165) is 6.54 Å². The zero-order valence-corrected chi connectivity index (χ0v) is 13.1. The van der Waals surface area contributed by atoms with E-state index in [1.165, 1.54) is 0 Å². The Morgan fingerprint density at radius 3 is 2.52 bits per heavy atom. The van der Waals surface area contributed by atoms with Gasteiger partial charge < -0.3 is 20.2 Å². The van der Waals surface area contributed by atoms with Gasteiger partial charge in [-0.25, -0.2) is 4.79 Å². The first kappa shape index (κ1) is 17.4. The number of carbonyl (C=O) groups is 3. The van der Waals surface area contributed by atoms with Crippen molar-refractivity contribution in [3.8, 4) is 0 Å². The van der Waals surface area contributed by atoms with Gasteiger partial charge in [0.05, 0.1) is 5.92 Å². The number of hydrogen-bond donors (Lipinski definition) is 2. The van der Waals surface area contributed by atoms with Crippen molar-refractivity contribution in [2.24, 2.45) is 11.8 Å². The fourth-order valence-corrected chi connectivity index (χ4v) is 2.27. The molecular weight excluding hydrogens is 274 g/mol. The molecule has 0 aromatic rings. The Labute approximate surface area is 125 Å². The fourth-order valence-electron chi connectivity index (χ4n) is 2.27. The van der Waals surface area contributed by atoms with E-state index in [0.29, 0.717) is 13.1 Å². The van der Waals surface area contributed by atoms with Crippen LogP contribution in [0.5, 0.6) is 0 Å². The number of amides is 2. The number of carbonyl (C=O) groups excluding carboxylic acids is 2. The first-order valence-corrected chi connectivity index (χ1v) is 7.18. The number of likely N-dealkylation sites (tertiary alicyclic amines) is 1. The smallest absolute Gasteiger partial charge is 0.326 e. The average Bonchev–Trinajstić information content (AvgIpc) is 2.73. The van der Waals surface area contributed by atoms with Gasteiger partial charge in [0.1, 0.15) is 6.04 Å². The number of nitrogens with one attached hydrogen (secondary N) is 1. The third kappa shape index (κ3) is 5.00. The van der Waals surface area contributed by atoms with Crippen LogP contribution in [0.15, 0.2) is 0 Å². The van der Waals surface area contributed by atoms with Crippen molar-refractivity contribution in [1.82, 2.24) is 15.1 Å². The molecule has 0 aliphatic carbocycles. The lowest BCUT2D eigenvalue weighted by Crippen LogP contribution is -2.47. The number of hydrogen-bond acceptors (Lipinski definition) is 4. The second-order valence-corrected chi connectivity index (χ2v) is 6.11. The molecule has 2 N–H and O–H groups in total. The molecule has 1 rings (SSSR count). The van der Waals surface area contributed by atoms with Crippen LogP contribution in [0.3, 0.4) is 0 Å². The van der Waals surface area contributed by atoms with Crippen LogP contribution in [0.25, 0.3) is 0 Å². The molecule has 0 radical (unpaired) electrons. The molecule has 2 amide bonds. The average molecular weight is 299 g/mol. The third-order valence-corrected chi connectivity index (χ3v) is 3.63. The summed E-state index contributed by atoms with van der Waals surface area (Å²) in [7, 11) is 3.84. The van der Waals surface area contributed by atoms with Crippen LogP contribution in [-0.2, 0) is 14.4 Å². The predicted octanol–water partition coefficient (Wildman–Crippen LogP) is -0.378. The van der Waals surface area contributed by atoms with Crippen LogP contribution in [0.4, 0.5) is 0 Å². The summed E-state index contributed by atoms with van der Waals surface area (Å²) in [6.45, 7) is 5.17. The monoisotopic (exact) mass is 299 g/mol. The maximum Gasteiger partial charge on any atom is 0.326 e. The highest BCUT2D eigenvalue weighted by Gasteiger charge is 2.36. The molecule has 7 nitrogen and oxygen atoms in total. The van der Waals surface area contributed by atoms with E-state index in [-0.39, 0.29) is 24.2 Å². The topological polar surface area (TPSA) is 90.0 Å². The molecule has 0 aromatic heterocycles. The number of rotatable bonds is 7. The summed E-state index contributed by atoms with van der Waals surface area (Å²) in [5, 5.41) is 11.6. The van der Waals surface area contributed by atoms with Crippen LogP contribution in [0, 0.1) is 11.8 Å². The Hall–Kier alpha value is -1.63. The van der Waals surface area contributed by atoms with E-state index < -0.39 is 17.9 Å². The van der Waals surface area contributed by atoms with Crippen molar-refractivity contribution in [3.05, 3.63) is 0 Å². The second kappa shape index (κ2) is 7.40. The van der Waals surface area contributed by atoms with E-state index in [9.17, 15) is 14.4 Å². The summed E-state index contributed by atoms with van der Waals surface area (Å²) in [4.78, 5) is 38.7. The Bertz CT molecular complexity index is 409. The largest absolute Gasteiger partial charge is 0.480 e. The fraction of sp³-hybridized carbons (Fsp3) is 0.786. The Morgan fingerprint density at radius 1 is 1.43 bits per heavy atom. The lowest BCUT2D eigenvalue weighted by Gasteiger charge is -2.21. The molecule has 21 heavy (non-hydrogen) atoms. The van der Waals surface area contributed by atoms with Gasteiger partial charge in [-0.2, -0.15) is 0 Å². The highest BCUT2D eigenvalue weighted by molar-refractivity contribution is 5.91. The van der Waals surface area contributed by atoms with Crippen molar-refractivity contribution in [1.29, 1.82) is 0 Å². The molecule has 120 valence electrons. The molecule has 0 saturated carbocycles. The molecule has 7 heteroatoms. The second-order valence-electron chi connectivity index (χ2n) is 6.11. The first-order valence-electron chi connectivity index (χ1n) is 7.18. The van der Waals surface area contributed by atoms with Crippen LogP contribution < -0.4 is 5.32 Å². The van der Waals surface area contributed by atoms with Gasteiger partial charge in [0.25, 0.3) is 0 Å². The zero-order chi connectivity index (χ0) is 16.2. The quantitative estimate of drug-likeness (QED) is 0.669. The minimum atomic E-state index is -1.05. The summed E-state index contributed by atoms with van der Waals surface area (Å²) >= 11 is 0. The van der Waals surface area contributed by atoms with Crippen molar-refractivity contribution in [2.45, 2.75) is 26.3 Å². The standard InChI is InChI=1S/C14H25N3O4/c1-9(2)12(14(20)21)15-13(19)10-7-11(18)17(8-10)6-5-16(3)4/h9-10,12H,5-8H2,1-4H3,(H,15,19)(H,20,21)/t10?,12-/m1/s1. The predicted molar refractivity (Wildman–Crippen MR) is 77.6 cm³/mol. The molecular formula is C14H25N3O4. The summed E-state index contributed by atoms with van der Waals surface area (Å²) in [5.41, 5.74) is 0. The van der Waals surface area contributed by atoms with Crippen molar-refractivity contribution in [2.75, 3.05) is 33.7 Å². The SMILES string of the molecule is CC(C)[C@@H](NC(=O)C1CC(=O)N(CCN(C)C)C1)C(=O)O. The van der Waals surface area contributed by atoms with Gasteiger partial charge in [-0.05, 0) is 20.0 Å². The van der Waals surface area contributed by atoms with Gasteiger partial charge in [-0.15, -0.1) is 0 Å². The maximum atomic E-state index is 12.1. The molecule has 1 heterocycles. The Balaban J connectivity index is 2.56. The van der Waals surface area contributed by atoms with Crippen molar-refractivity contribution < 1.29 is 19.5 Å². The number of carboxylic acids is 1. The summed E-state index contributed by atoms with van der Waals surface area (Å²) in [6, 6.07) is -0.913. The molecule has 1 aliphatic rings. The van der Waals surface area contributed by atoms with Crippen LogP contribution in [0.2, 0.25) is 0 Å². The van der Waals surface area contributed by atoms with E-state index >= 15 is 0 Å². The van der Waals surface area contributed by atoms with Crippen LogP contribution in [0.1, 0.15) is 20.3 Å². The van der Waals surface area contributed by atoms with Gasteiger partial charge in [0, 0.05) is 26.1 Å². The third-order valence-electron chi connectivity index (χ3n) is 3.63. The number of nitrogens with zero attached hydrogens (tertiary/aromatic N) is 2. The minimum Gasteiger partial charge on any atom is -0.480 e. The highest BCUT2D eigenvalue weighted by Crippen LogP contribution is 2.18. The van der Waals surface area contributed by atoms with E-state index in [4.69, 9.17) is 5.11 Å². The van der Waals surface area contributed by atoms with E-state index in [2.05, 4.69) is 5.32 Å². The van der Waals surface area contributed by atoms with Gasteiger partial charge >= 0.3 is 5.97 Å². The van der Waals surface area contributed by atoms with Gasteiger partial charge in [-0.3, -0.25) is 9.59 Å². The summed E-state index contributed by atoms with van der Waals surface area (Å²) in [6.07, 6.45) is 0.156. The normalized spacial score (nSPS) is 20.2. The zero-order valence-electron chi connectivity index (χ0n) is 13.1. The molecule has 1 unspecified atom stereocenters. The molecule has 1 fully saturated rings. The van der Waals surface area contributed by atoms with Crippen LogP contribution in [-0.4, -0.2) is 72.5 Å². The molecule has 1 saturated heterocycles. The van der Waals surface area contributed by atoms with Gasteiger partial charge in [0.2, 0.25) is 11.8 Å². The van der Waals surface area contributed by atoms with Crippen molar-refractivity contribution >= 4 is 17.8 Å². The van der Waals surface area contributed by atoms with Crippen molar-refractivity contribution in [3.63, 3.8) is 0 Å². The first-order chi connectivity index (χ1) is 9.72. The Kier molecular flexibility index (Phi) is 6.14. The van der Waals surface area contributed by atoms with E-state index in [1.807, 2.05) is 19.0 Å². The molecule has 0 aromatic carbocycles. The molecule has 2 atom stereocenters. The van der Waals surface area contributed by atoms with E-state index in [1.54, 1.807) is 18.7 Å². The molecule has 0 bridgehead atoms. The maximum absolute atomic E-state index is 12.1. The molecule has 1 aliphatic heterocycles. The lowest BCUT2D eigenvalue weighted by atomic mass is 10.0. The number of likely N-dealkylation sites (N-methyl/N-ethyl adjacent to an activating group) is 1. The lowest BCUT2D eigenvalue weighted by molar-refractivity contribution is -0.143. The van der Waals surface area contributed by atoms with Gasteiger partial charge in [0.15, 0.2) is 0 Å². The van der Waals surface area contributed by atoms with Crippen LogP contribution >= 0.6 is 0 Å². The van der Waals surface area contributed by atoms with Gasteiger partial charge in [-0.1, -0.05) is 13.8 Å². The Morgan fingerprint density at radius 2 is 2.05 bits per heavy atom. The minimum absolute atomic E-state index is 0.0478. The highest BCUT2D eigenvalue weighted by atomic mass is 16.4. The summed E-state index contributed by atoms with van der Waals surface area (Å²) in [5.74, 6) is -2.11. The number of aliphatic carboxylic acids is 1.